The number of phenolic OH excluding ortho intramolecular Hbond substituents is 4. The molecule has 0 aromatic heterocycles. The van der Waals surface area contributed by atoms with E-state index in [1.54, 1.807) is 49.6 Å². The summed E-state index contributed by atoms with van der Waals surface area (Å²) in [7, 11) is 4.61. The number of ether oxygens (including phenoxy) is 3. The van der Waals surface area contributed by atoms with Crippen molar-refractivity contribution in [2.75, 3.05) is 21.3 Å². The monoisotopic (exact) mass is 510 g/mol. The molecule has 0 aliphatic heterocycles. The molecule has 0 saturated heterocycles. The van der Waals surface area contributed by atoms with Gasteiger partial charge in [0, 0.05) is 50.4 Å². The van der Waals surface area contributed by atoms with Crippen LogP contribution in [0.1, 0.15) is 11.1 Å². The third-order valence-electron chi connectivity index (χ3n) is 7.42. The summed E-state index contributed by atoms with van der Waals surface area (Å²) < 4.78 is 16.8. The van der Waals surface area contributed by atoms with Crippen LogP contribution in [0.25, 0.3) is 43.8 Å². The summed E-state index contributed by atoms with van der Waals surface area (Å²) in [6, 6.07) is 15.3. The predicted octanol–water partition coefficient (Wildman–Crippen LogP) is 6.27. The van der Waals surface area contributed by atoms with E-state index in [9.17, 15) is 20.4 Å². The molecule has 1 aliphatic carbocycles. The van der Waals surface area contributed by atoms with Crippen LogP contribution >= 0.6 is 0 Å². The van der Waals surface area contributed by atoms with E-state index in [0.29, 0.717) is 68.3 Å². The van der Waals surface area contributed by atoms with Gasteiger partial charge in [0.05, 0.1) is 21.3 Å². The van der Waals surface area contributed by atoms with Crippen molar-refractivity contribution in [1.29, 1.82) is 0 Å². The molecule has 0 spiro atoms. The van der Waals surface area contributed by atoms with Gasteiger partial charge in [0.15, 0.2) is 0 Å². The van der Waals surface area contributed by atoms with Gasteiger partial charge in [-0.1, -0.05) is 12.1 Å². The first-order valence-electron chi connectivity index (χ1n) is 12.1. The molecule has 0 radical (unpaired) electrons. The number of aromatic hydroxyl groups is 4. The van der Waals surface area contributed by atoms with Crippen molar-refractivity contribution in [3.05, 3.63) is 65.7 Å². The molecule has 0 unspecified atom stereocenters. The third kappa shape index (κ3) is 3.35. The summed E-state index contributed by atoms with van der Waals surface area (Å²) in [6.07, 6.45) is 1.38. The van der Waals surface area contributed by atoms with E-state index >= 15 is 0 Å². The standard InChI is InChI=1S/C31H26O7/c1-36-17-9-16-8-7-15-10-23(33)20(12-19(15)28(16)25(35)11-17)29-21-13-24(34)18-5-4-6-22(32)30(18)31(21)27(38-3)14-26(29)37-2/h4-6,9-14,32-35H,7-8H2,1-3H3. The Morgan fingerprint density at radius 3 is 2.05 bits per heavy atom. The van der Waals surface area contributed by atoms with Crippen LogP contribution in [0.2, 0.25) is 0 Å². The quantitative estimate of drug-likeness (QED) is 0.211. The topological polar surface area (TPSA) is 109 Å². The maximum Gasteiger partial charge on any atom is 0.131 e. The molecule has 5 aromatic rings. The third-order valence-corrected chi connectivity index (χ3v) is 7.42. The van der Waals surface area contributed by atoms with Gasteiger partial charge in [0.25, 0.3) is 0 Å². The van der Waals surface area contributed by atoms with Gasteiger partial charge in [-0.15, -0.1) is 0 Å². The number of methoxy groups -OCH3 is 3. The average Bonchev–Trinajstić information content (AvgIpc) is 2.91. The van der Waals surface area contributed by atoms with Gasteiger partial charge in [0.1, 0.15) is 40.2 Å². The molecular formula is C31H26O7. The Labute approximate surface area is 218 Å². The molecule has 4 N–H and O–H groups in total. The highest BCUT2D eigenvalue weighted by Crippen LogP contribution is 2.52. The van der Waals surface area contributed by atoms with Gasteiger partial charge in [-0.3, -0.25) is 0 Å². The van der Waals surface area contributed by atoms with Crippen LogP contribution < -0.4 is 14.2 Å². The van der Waals surface area contributed by atoms with E-state index in [2.05, 4.69) is 0 Å². The fourth-order valence-corrected chi connectivity index (χ4v) is 5.71. The van der Waals surface area contributed by atoms with Gasteiger partial charge in [-0.25, -0.2) is 0 Å². The molecule has 5 aromatic carbocycles. The van der Waals surface area contributed by atoms with E-state index in [-0.39, 0.29) is 23.0 Å². The zero-order chi connectivity index (χ0) is 26.7. The summed E-state index contributed by atoms with van der Waals surface area (Å²) >= 11 is 0. The first kappa shape index (κ1) is 23.6. The van der Waals surface area contributed by atoms with Crippen LogP contribution in [0.3, 0.4) is 0 Å². The van der Waals surface area contributed by atoms with Gasteiger partial charge in [-0.05, 0) is 59.9 Å². The summed E-state index contributed by atoms with van der Waals surface area (Å²) in [5.74, 6) is 1.51. The van der Waals surface area contributed by atoms with Gasteiger partial charge < -0.3 is 34.6 Å². The van der Waals surface area contributed by atoms with Gasteiger partial charge >= 0.3 is 0 Å². The molecular weight excluding hydrogens is 484 g/mol. The van der Waals surface area contributed by atoms with Crippen molar-refractivity contribution < 1.29 is 34.6 Å². The fraction of sp³-hybridized carbons (Fsp3) is 0.161. The van der Waals surface area contributed by atoms with Crippen LogP contribution in [-0.4, -0.2) is 41.8 Å². The molecule has 0 fully saturated rings. The van der Waals surface area contributed by atoms with Crippen molar-refractivity contribution in [2.24, 2.45) is 0 Å². The molecule has 1 aliphatic rings. The smallest absolute Gasteiger partial charge is 0.131 e. The fourth-order valence-electron chi connectivity index (χ4n) is 5.71. The largest absolute Gasteiger partial charge is 0.507 e. The number of hydrogen-bond donors (Lipinski definition) is 4. The second-order valence-corrected chi connectivity index (χ2v) is 9.38. The highest BCUT2D eigenvalue weighted by Gasteiger charge is 2.26. The van der Waals surface area contributed by atoms with Crippen LogP contribution in [-0.2, 0) is 12.8 Å². The molecule has 7 nitrogen and oxygen atoms in total. The Kier molecular flexibility index (Phi) is 5.38. The first-order valence-corrected chi connectivity index (χ1v) is 12.1. The number of aryl methyl sites for hydroxylation is 2. The van der Waals surface area contributed by atoms with E-state index in [1.165, 1.54) is 14.2 Å². The zero-order valence-corrected chi connectivity index (χ0v) is 21.1. The summed E-state index contributed by atoms with van der Waals surface area (Å²) in [5, 5.41) is 46.0. The Morgan fingerprint density at radius 1 is 0.553 bits per heavy atom. The van der Waals surface area contributed by atoms with E-state index < -0.39 is 0 Å². The second-order valence-electron chi connectivity index (χ2n) is 9.38. The van der Waals surface area contributed by atoms with Crippen molar-refractivity contribution in [1.82, 2.24) is 0 Å². The minimum atomic E-state index is -0.0347. The minimum Gasteiger partial charge on any atom is -0.507 e. The predicted molar refractivity (Wildman–Crippen MR) is 146 cm³/mol. The molecule has 6 rings (SSSR count). The summed E-state index contributed by atoms with van der Waals surface area (Å²) in [5.41, 5.74) is 4.30. The molecule has 38 heavy (non-hydrogen) atoms. The lowest BCUT2D eigenvalue weighted by atomic mass is 9.82. The maximum absolute atomic E-state index is 11.3. The minimum absolute atomic E-state index is 0.0136. The van der Waals surface area contributed by atoms with Gasteiger partial charge in [-0.2, -0.15) is 0 Å². The number of benzene rings is 5. The summed E-state index contributed by atoms with van der Waals surface area (Å²) in [6.45, 7) is 0. The normalized spacial score (nSPS) is 12.3. The average molecular weight is 511 g/mol. The Morgan fingerprint density at radius 2 is 1.32 bits per heavy atom. The Bertz CT molecular complexity index is 1770. The molecule has 0 saturated carbocycles. The highest BCUT2D eigenvalue weighted by atomic mass is 16.5. The molecule has 0 bridgehead atoms. The van der Waals surface area contributed by atoms with Crippen LogP contribution in [0.15, 0.2) is 54.6 Å². The van der Waals surface area contributed by atoms with Crippen molar-refractivity contribution in [2.45, 2.75) is 12.8 Å². The number of hydrogen-bond acceptors (Lipinski definition) is 7. The van der Waals surface area contributed by atoms with E-state index in [1.807, 2.05) is 12.1 Å². The SMILES string of the molecule is COc1cc(O)c2c(c1)CCc1cc(O)c(-c3c(OC)cc(OC)c4c3cc(O)c3cccc(O)c34)cc1-2. The Hall–Kier alpha value is -4.78. The molecule has 192 valence electrons. The van der Waals surface area contributed by atoms with Gasteiger partial charge in [0.2, 0.25) is 0 Å². The zero-order valence-electron chi connectivity index (χ0n) is 21.1. The number of fused-ring (bicyclic) bond motifs is 6. The first-order chi connectivity index (χ1) is 18.4. The lowest BCUT2D eigenvalue weighted by Gasteiger charge is -2.24. The van der Waals surface area contributed by atoms with Crippen molar-refractivity contribution in [3.63, 3.8) is 0 Å². The lowest BCUT2D eigenvalue weighted by Crippen LogP contribution is -2.05. The number of rotatable bonds is 4. The van der Waals surface area contributed by atoms with Crippen molar-refractivity contribution >= 4 is 21.5 Å². The highest BCUT2D eigenvalue weighted by molar-refractivity contribution is 6.20. The van der Waals surface area contributed by atoms with Crippen LogP contribution in [0, 0.1) is 0 Å². The molecule has 7 heteroatoms. The lowest BCUT2D eigenvalue weighted by molar-refractivity contribution is 0.398. The van der Waals surface area contributed by atoms with Crippen molar-refractivity contribution in [3.8, 4) is 62.5 Å². The molecule has 0 amide bonds. The van der Waals surface area contributed by atoms with E-state index in [0.717, 1.165) is 16.7 Å². The number of phenols is 4. The molecule has 0 heterocycles. The van der Waals surface area contributed by atoms with Crippen LogP contribution in [0.5, 0.6) is 40.2 Å². The van der Waals surface area contributed by atoms with E-state index in [4.69, 9.17) is 14.2 Å². The molecule has 0 atom stereocenters. The maximum atomic E-state index is 11.3. The van der Waals surface area contributed by atoms with Crippen LogP contribution in [0.4, 0.5) is 0 Å². The Balaban J connectivity index is 1.73. The second kappa shape index (κ2) is 8.66. The summed E-state index contributed by atoms with van der Waals surface area (Å²) in [4.78, 5) is 0.